The van der Waals surface area contributed by atoms with Crippen molar-refractivity contribution in [3.63, 3.8) is 0 Å². The Morgan fingerprint density at radius 1 is 0.692 bits per heavy atom. The maximum Gasteiger partial charge on any atom is 0.153 e. The molecule has 8 bridgehead atoms. The number of allylic oxidation sites excluding steroid dienone is 4. The van der Waals surface area contributed by atoms with E-state index in [2.05, 4.69) is 122 Å². The number of ether oxygens (including phenoxy) is 1. The van der Waals surface area contributed by atoms with E-state index in [0.717, 1.165) is 114 Å². The average Bonchev–Trinajstić information content (AvgIpc) is 3.78. The Hall–Kier alpha value is -5.49. The Morgan fingerprint density at radius 3 is 2.04 bits per heavy atom. The monoisotopic (exact) mass is 686 g/mol. The number of carbonyl (C=O) groups excluding carboxylic acids is 1. The molecule has 3 aliphatic heterocycles. The molecule has 0 unspecified atom stereocenters. The van der Waals surface area contributed by atoms with Crippen molar-refractivity contribution in [1.82, 2.24) is 19.9 Å². The number of nitrogens with zero attached hydrogens (tertiary/aromatic N) is 2. The zero-order chi connectivity index (χ0) is 36.8. The number of fused-ring (bicyclic) bond motifs is 10. The Labute approximate surface area is 305 Å². The van der Waals surface area contributed by atoms with Crippen LogP contribution in [0.25, 0.3) is 55.5 Å². The van der Waals surface area contributed by atoms with E-state index in [1.54, 1.807) is 0 Å². The molecule has 6 nitrogen and oxygen atoms in total. The SMILES string of the molecule is CCC1=C(C)c2cc3[nH]c(c(C)c3C)c(-c3cccc4c3Oc3c(C=O)cccc3C4(C)C)c3nc(cc4[nH]c(cc1n2)c(CC)c4C)C(C)=C3C. The zero-order valence-electron chi connectivity index (χ0n) is 31.9. The summed E-state index contributed by atoms with van der Waals surface area (Å²) in [5, 5.41) is 0. The minimum absolute atomic E-state index is 0.410. The van der Waals surface area contributed by atoms with Crippen LogP contribution in [0.4, 0.5) is 0 Å². The molecule has 0 aliphatic carbocycles. The summed E-state index contributed by atoms with van der Waals surface area (Å²) in [6.45, 7) is 21.9. The molecule has 5 aromatic rings. The number of benzene rings is 2. The van der Waals surface area contributed by atoms with Gasteiger partial charge in [-0.1, -0.05) is 58.0 Å². The summed E-state index contributed by atoms with van der Waals surface area (Å²) in [5.41, 5.74) is 21.6. The van der Waals surface area contributed by atoms with Gasteiger partial charge in [0.05, 0.1) is 33.9 Å². The molecule has 52 heavy (non-hydrogen) atoms. The van der Waals surface area contributed by atoms with Crippen LogP contribution in [0, 0.1) is 20.8 Å². The molecule has 0 amide bonds. The normalized spacial score (nSPS) is 14.7. The first kappa shape index (κ1) is 33.6. The second kappa shape index (κ2) is 12.0. The summed E-state index contributed by atoms with van der Waals surface area (Å²) in [4.78, 5) is 30.7. The highest BCUT2D eigenvalue weighted by atomic mass is 16.5. The minimum atomic E-state index is -0.410. The number of rotatable bonds is 4. The zero-order valence-corrected chi connectivity index (χ0v) is 31.9. The van der Waals surface area contributed by atoms with E-state index in [0.29, 0.717) is 11.3 Å². The number of para-hydroxylation sites is 2. The maximum absolute atomic E-state index is 12.3. The minimum Gasteiger partial charge on any atom is -0.455 e. The van der Waals surface area contributed by atoms with Gasteiger partial charge in [-0.15, -0.1) is 0 Å². The molecule has 0 spiro atoms. The van der Waals surface area contributed by atoms with Crippen LogP contribution in [0.5, 0.6) is 11.5 Å². The molecular formula is C46H46N4O2. The lowest BCUT2D eigenvalue weighted by Gasteiger charge is -2.36. The largest absolute Gasteiger partial charge is 0.455 e. The molecule has 6 heterocycles. The van der Waals surface area contributed by atoms with Crippen molar-refractivity contribution >= 4 is 50.6 Å². The van der Waals surface area contributed by atoms with Crippen LogP contribution in [0.3, 0.4) is 0 Å². The topological polar surface area (TPSA) is 83.7 Å². The smallest absolute Gasteiger partial charge is 0.153 e. The summed E-state index contributed by atoms with van der Waals surface area (Å²) in [5.74, 6) is 1.36. The predicted molar refractivity (Wildman–Crippen MR) is 215 cm³/mol. The van der Waals surface area contributed by atoms with Gasteiger partial charge in [-0.3, -0.25) is 4.79 Å². The molecule has 3 aliphatic rings. The van der Waals surface area contributed by atoms with Gasteiger partial charge in [0, 0.05) is 44.2 Å². The Balaban J connectivity index is 1.56. The van der Waals surface area contributed by atoms with Crippen LogP contribution in [-0.2, 0) is 11.8 Å². The van der Waals surface area contributed by atoms with E-state index in [9.17, 15) is 4.79 Å². The summed E-state index contributed by atoms with van der Waals surface area (Å²) in [7, 11) is 0. The van der Waals surface area contributed by atoms with Gasteiger partial charge in [-0.05, 0) is 123 Å². The second-order valence-electron chi connectivity index (χ2n) is 15.1. The lowest BCUT2D eigenvalue weighted by atomic mass is 9.74. The molecule has 2 N–H and O–H groups in total. The molecule has 0 saturated heterocycles. The number of nitrogens with one attached hydrogen (secondary N) is 2. The molecule has 2 aromatic carbocycles. The van der Waals surface area contributed by atoms with Crippen LogP contribution in [-0.4, -0.2) is 26.2 Å². The first-order valence-electron chi connectivity index (χ1n) is 18.4. The molecule has 0 fully saturated rings. The van der Waals surface area contributed by atoms with E-state index in [1.165, 1.54) is 22.3 Å². The fourth-order valence-electron chi connectivity index (χ4n) is 8.51. The molecule has 0 radical (unpaired) electrons. The lowest BCUT2D eigenvalue weighted by Crippen LogP contribution is -2.25. The molecule has 3 aromatic heterocycles. The fraction of sp³-hybridized carbons (Fsp3) is 0.283. The van der Waals surface area contributed by atoms with Crippen LogP contribution < -0.4 is 4.74 Å². The van der Waals surface area contributed by atoms with Crippen molar-refractivity contribution in [2.75, 3.05) is 0 Å². The molecule has 0 saturated carbocycles. The summed E-state index contributed by atoms with van der Waals surface area (Å²) in [6.07, 6.45) is 2.70. The molecular weight excluding hydrogens is 641 g/mol. The van der Waals surface area contributed by atoms with Crippen LogP contribution in [0.15, 0.2) is 54.6 Å². The van der Waals surface area contributed by atoms with Crippen molar-refractivity contribution < 1.29 is 9.53 Å². The van der Waals surface area contributed by atoms with Crippen molar-refractivity contribution in [2.45, 2.75) is 87.5 Å². The number of aromatic amines is 2. The molecule has 0 atom stereocenters. The predicted octanol–water partition coefficient (Wildman–Crippen LogP) is 12.0. The van der Waals surface area contributed by atoms with E-state index in [4.69, 9.17) is 14.7 Å². The number of aldehydes is 1. The van der Waals surface area contributed by atoms with Gasteiger partial charge in [0.2, 0.25) is 0 Å². The number of aromatic nitrogens is 4. The fourth-order valence-corrected chi connectivity index (χ4v) is 8.51. The third-order valence-corrected chi connectivity index (χ3v) is 12.0. The van der Waals surface area contributed by atoms with Crippen molar-refractivity contribution in [1.29, 1.82) is 0 Å². The summed E-state index contributed by atoms with van der Waals surface area (Å²) in [6, 6.07) is 18.9. The van der Waals surface area contributed by atoms with Gasteiger partial charge in [-0.25, -0.2) is 9.97 Å². The molecule has 6 heteroatoms. The average molecular weight is 687 g/mol. The highest BCUT2D eigenvalue weighted by Gasteiger charge is 2.37. The molecule has 262 valence electrons. The van der Waals surface area contributed by atoms with E-state index in [-0.39, 0.29) is 0 Å². The van der Waals surface area contributed by atoms with Gasteiger partial charge in [-0.2, -0.15) is 0 Å². The van der Waals surface area contributed by atoms with Gasteiger partial charge >= 0.3 is 0 Å². The van der Waals surface area contributed by atoms with Crippen LogP contribution >= 0.6 is 0 Å². The van der Waals surface area contributed by atoms with E-state index < -0.39 is 5.41 Å². The van der Waals surface area contributed by atoms with Crippen LogP contribution in [0.1, 0.15) is 121 Å². The Bertz CT molecular complexity index is 2630. The maximum atomic E-state index is 12.3. The summed E-state index contributed by atoms with van der Waals surface area (Å²) < 4.78 is 6.89. The number of aryl methyl sites for hydroxylation is 4. The quantitative estimate of drug-likeness (QED) is 0.184. The lowest BCUT2D eigenvalue weighted by molar-refractivity contribution is 0.112. The van der Waals surface area contributed by atoms with Crippen LogP contribution in [0.2, 0.25) is 0 Å². The highest BCUT2D eigenvalue weighted by molar-refractivity contribution is 6.02. The van der Waals surface area contributed by atoms with Crippen molar-refractivity contribution in [3.8, 4) is 22.6 Å². The van der Waals surface area contributed by atoms with E-state index >= 15 is 0 Å². The number of H-pyrrole nitrogens is 2. The van der Waals surface area contributed by atoms with Gasteiger partial charge in [0.15, 0.2) is 6.29 Å². The van der Waals surface area contributed by atoms with Gasteiger partial charge in [0.1, 0.15) is 11.5 Å². The van der Waals surface area contributed by atoms with Gasteiger partial charge < -0.3 is 14.7 Å². The third kappa shape index (κ3) is 4.80. The summed E-state index contributed by atoms with van der Waals surface area (Å²) >= 11 is 0. The van der Waals surface area contributed by atoms with E-state index in [1.807, 2.05) is 12.1 Å². The highest BCUT2D eigenvalue weighted by Crippen LogP contribution is 2.53. The number of hydrogen-bond acceptors (Lipinski definition) is 4. The Morgan fingerprint density at radius 2 is 1.35 bits per heavy atom. The Kier molecular flexibility index (Phi) is 7.79. The number of carbonyl (C=O) groups is 1. The standard InChI is InChI=1S/C46H46N4O2/c1-11-30-27(7)37-19-35-23(3)25(5)42(49-35)41(32-16-14-18-34-45(32)52-44-29(22-51)15-13-17-33(44)46(34,9)10)43-26(6)24(4)36(50-43)20-38-28(8)31(12-2)40(48-38)21-39(30)47-37/h13-22,47,50H,11-12H2,1-10H3. The first-order valence-corrected chi connectivity index (χ1v) is 18.4. The third-order valence-electron chi connectivity index (χ3n) is 12.0. The van der Waals surface area contributed by atoms with Crippen molar-refractivity contribution in [3.05, 3.63) is 116 Å². The second-order valence-corrected chi connectivity index (χ2v) is 15.1. The molecule has 8 rings (SSSR count). The number of hydrogen-bond donors (Lipinski definition) is 2. The first-order chi connectivity index (χ1) is 24.9. The van der Waals surface area contributed by atoms with Crippen molar-refractivity contribution in [2.24, 2.45) is 0 Å². The van der Waals surface area contributed by atoms with Gasteiger partial charge in [0.25, 0.3) is 0 Å².